The number of benzene rings is 2. The van der Waals surface area contributed by atoms with Gasteiger partial charge in [0.15, 0.2) is 0 Å². The molecule has 0 aromatic heterocycles. The molecule has 2 aromatic rings. The summed E-state index contributed by atoms with van der Waals surface area (Å²) in [7, 11) is -3.57. The van der Waals surface area contributed by atoms with Crippen LogP contribution in [0.5, 0.6) is 0 Å². The topological polar surface area (TPSA) is 66.5 Å². The zero-order valence-electron chi connectivity index (χ0n) is 20.4. The van der Waals surface area contributed by atoms with Crippen LogP contribution in [-0.4, -0.2) is 31.7 Å². The summed E-state index contributed by atoms with van der Waals surface area (Å²) < 4.78 is 28.1. The second-order valence-electron chi connectivity index (χ2n) is 9.43. The Labute approximate surface area is 193 Å². The number of hydrogen-bond donors (Lipinski definition) is 1. The van der Waals surface area contributed by atoms with E-state index in [4.69, 9.17) is 0 Å². The number of aryl methyl sites for hydroxylation is 6. The van der Waals surface area contributed by atoms with Gasteiger partial charge in [0, 0.05) is 19.0 Å². The molecule has 1 N–H and O–H groups in total. The summed E-state index contributed by atoms with van der Waals surface area (Å²) in [5, 5.41) is 3.16. The first kappa shape index (κ1) is 24.5. The highest BCUT2D eigenvalue weighted by molar-refractivity contribution is 7.89. The van der Waals surface area contributed by atoms with Crippen LogP contribution in [0.15, 0.2) is 29.2 Å². The third kappa shape index (κ3) is 4.91. The van der Waals surface area contributed by atoms with E-state index in [1.165, 1.54) is 16.7 Å². The largest absolute Gasteiger partial charge is 0.349 e. The lowest BCUT2D eigenvalue weighted by molar-refractivity contribution is -0.126. The Kier molecular flexibility index (Phi) is 7.15. The molecule has 1 fully saturated rings. The van der Waals surface area contributed by atoms with E-state index >= 15 is 0 Å². The molecule has 1 aliphatic rings. The van der Waals surface area contributed by atoms with Crippen molar-refractivity contribution in [3.63, 3.8) is 0 Å². The number of nitrogens with one attached hydrogen (secondary N) is 1. The molecule has 32 heavy (non-hydrogen) atoms. The van der Waals surface area contributed by atoms with Crippen molar-refractivity contribution >= 4 is 15.9 Å². The van der Waals surface area contributed by atoms with Crippen molar-refractivity contribution in [1.82, 2.24) is 9.62 Å². The van der Waals surface area contributed by atoms with Crippen LogP contribution in [0.4, 0.5) is 0 Å². The minimum atomic E-state index is -3.57. The fraction of sp³-hybridized carbons (Fsp3) is 0.500. The van der Waals surface area contributed by atoms with Crippen LogP contribution in [0.1, 0.15) is 64.8 Å². The zero-order valence-corrected chi connectivity index (χ0v) is 21.2. The summed E-state index contributed by atoms with van der Waals surface area (Å²) in [5.74, 6) is -0.161. The first-order valence-electron chi connectivity index (χ1n) is 11.4. The van der Waals surface area contributed by atoms with Crippen LogP contribution in [0.3, 0.4) is 0 Å². The van der Waals surface area contributed by atoms with Gasteiger partial charge in [0.1, 0.15) is 0 Å². The molecule has 1 saturated heterocycles. The van der Waals surface area contributed by atoms with Gasteiger partial charge in [-0.25, -0.2) is 8.42 Å². The number of rotatable bonds is 5. The highest BCUT2D eigenvalue weighted by atomic mass is 32.2. The number of amides is 1. The Hall–Kier alpha value is -2.18. The maximum absolute atomic E-state index is 13.3. The number of sulfonamides is 1. The smallest absolute Gasteiger partial charge is 0.243 e. The number of carbonyl (C=O) groups excluding carboxylic acids is 1. The minimum Gasteiger partial charge on any atom is -0.349 e. The molecule has 3 rings (SSSR count). The SMILES string of the molecule is Cc1cc(C)c(S(=O)(=O)N2CCC(C(=O)NC(C)c3cc(C)c(C)cc3C)CC2)c(C)c1. The predicted octanol–water partition coefficient (Wildman–Crippen LogP) is 4.82. The van der Waals surface area contributed by atoms with Crippen LogP contribution in [0.2, 0.25) is 0 Å². The molecule has 2 aromatic carbocycles. The van der Waals surface area contributed by atoms with Crippen LogP contribution in [0.25, 0.3) is 0 Å². The molecule has 1 atom stereocenters. The summed E-state index contributed by atoms with van der Waals surface area (Å²) in [5.41, 5.74) is 7.38. The Morgan fingerprint density at radius 1 is 0.875 bits per heavy atom. The van der Waals surface area contributed by atoms with Crippen LogP contribution >= 0.6 is 0 Å². The molecule has 0 spiro atoms. The number of nitrogens with zero attached hydrogens (tertiary/aromatic N) is 1. The molecular formula is C26H36N2O3S. The maximum atomic E-state index is 13.3. The number of piperidine rings is 1. The van der Waals surface area contributed by atoms with Gasteiger partial charge in [-0.2, -0.15) is 4.31 Å². The zero-order chi connectivity index (χ0) is 23.8. The minimum absolute atomic E-state index is 0.00914. The van der Waals surface area contributed by atoms with E-state index < -0.39 is 10.0 Å². The van der Waals surface area contributed by atoms with Gasteiger partial charge in [0.05, 0.1) is 10.9 Å². The summed E-state index contributed by atoms with van der Waals surface area (Å²) in [6.45, 7) is 14.7. The average Bonchev–Trinajstić information content (AvgIpc) is 2.69. The van der Waals surface area contributed by atoms with Gasteiger partial charge in [-0.15, -0.1) is 0 Å². The molecule has 0 aliphatic carbocycles. The molecular weight excluding hydrogens is 420 g/mol. The molecule has 1 unspecified atom stereocenters. The Morgan fingerprint density at radius 2 is 1.41 bits per heavy atom. The van der Waals surface area contributed by atoms with Crippen molar-refractivity contribution in [3.05, 3.63) is 63.2 Å². The second kappa shape index (κ2) is 9.36. The predicted molar refractivity (Wildman–Crippen MR) is 129 cm³/mol. The Bertz CT molecular complexity index is 1110. The molecule has 1 heterocycles. The lowest BCUT2D eigenvalue weighted by Crippen LogP contribution is -2.43. The van der Waals surface area contributed by atoms with Gasteiger partial charge in [-0.1, -0.05) is 29.8 Å². The quantitative estimate of drug-likeness (QED) is 0.702. The monoisotopic (exact) mass is 456 g/mol. The van der Waals surface area contributed by atoms with Crippen molar-refractivity contribution in [2.24, 2.45) is 5.92 Å². The van der Waals surface area contributed by atoms with E-state index in [1.54, 1.807) is 4.31 Å². The highest BCUT2D eigenvalue weighted by Gasteiger charge is 2.34. The Morgan fingerprint density at radius 3 is 1.97 bits per heavy atom. The summed E-state index contributed by atoms with van der Waals surface area (Å²) >= 11 is 0. The molecule has 0 bridgehead atoms. The fourth-order valence-electron chi connectivity index (χ4n) is 4.92. The fourth-order valence-corrected chi connectivity index (χ4v) is 6.80. The lowest BCUT2D eigenvalue weighted by Gasteiger charge is -2.32. The summed E-state index contributed by atoms with van der Waals surface area (Å²) in [4.78, 5) is 13.3. The van der Waals surface area contributed by atoms with Crippen molar-refractivity contribution in [1.29, 1.82) is 0 Å². The summed E-state index contributed by atoms with van der Waals surface area (Å²) in [6.07, 6.45) is 1.07. The average molecular weight is 457 g/mol. The molecule has 0 saturated carbocycles. The third-order valence-corrected chi connectivity index (χ3v) is 8.94. The first-order valence-corrected chi connectivity index (χ1v) is 12.8. The van der Waals surface area contributed by atoms with Crippen LogP contribution in [-0.2, 0) is 14.8 Å². The maximum Gasteiger partial charge on any atom is 0.243 e. The molecule has 0 radical (unpaired) electrons. The van der Waals surface area contributed by atoms with Crippen molar-refractivity contribution in [2.45, 2.75) is 72.2 Å². The third-order valence-electron chi connectivity index (χ3n) is 6.73. The number of carbonyl (C=O) groups is 1. The van der Waals surface area contributed by atoms with E-state index in [0.717, 1.165) is 22.3 Å². The van der Waals surface area contributed by atoms with E-state index in [2.05, 4.69) is 38.2 Å². The van der Waals surface area contributed by atoms with E-state index in [9.17, 15) is 13.2 Å². The summed E-state index contributed by atoms with van der Waals surface area (Å²) in [6, 6.07) is 8.05. The van der Waals surface area contributed by atoms with Crippen LogP contribution in [0, 0.1) is 47.5 Å². The normalized spacial score (nSPS) is 16.7. The number of hydrogen-bond acceptors (Lipinski definition) is 3. The van der Waals surface area contributed by atoms with Gasteiger partial charge >= 0.3 is 0 Å². The van der Waals surface area contributed by atoms with Gasteiger partial charge in [-0.05, 0) is 94.7 Å². The van der Waals surface area contributed by atoms with Gasteiger partial charge in [-0.3, -0.25) is 4.79 Å². The first-order chi connectivity index (χ1) is 14.9. The van der Waals surface area contributed by atoms with Crippen molar-refractivity contribution in [2.75, 3.05) is 13.1 Å². The molecule has 1 amide bonds. The van der Waals surface area contributed by atoms with Crippen molar-refractivity contribution < 1.29 is 13.2 Å². The molecule has 6 heteroatoms. The Balaban J connectivity index is 1.67. The molecule has 174 valence electrons. The second-order valence-corrected chi connectivity index (χ2v) is 11.3. The van der Waals surface area contributed by atoms with Gasteiger partial charge in [0.25, 0.3) is 0 Å². The standard InChI is InChI=1S/C26H36N2O3S/c1-16-12-20(5)25(21(6)13-16)32(30,31)28-10-8-23(9-11-28)26(29)27-22(7)24-15-18(3)17(2)14-19(24)4/h12-15,22-23H,8-11H2,1-7H3,(H,27,29). The van der Waals surface area contributed by atoms with E-state index in [0.29, 0.717) is 30.8 Å². The van der Waals surface area contributed by atoms with Crippen LogP contribution < -0.4 is 5.32 Å². The van der Waals surface area contributed by atoms with Gasteiger partial charge < -0.3 is 5.32 Å². The van der Waals surface area contributed by atoms with E-state index in [1.807, 2.05) is 39.8 Å². The molecule has 1 aliphatic heterocycles. The highest BCUT2D eigenvalue weighted by Crippen LogP contribution is 2.29. The van der Waals surface area contributed by atoms with E-state index in [-0.39, 0.29) is 17.9 Å². The van der Waals surface area contributed by atoms with Crippen molar-refractivity contribution in [3.8, 4) is 0 Å². The lowest BCUT2D eigenvalue weighted by atomic mass is 9.94. The molecule has 5 nitrogen and oxygen atoms in total. The van der Waals surface area contributed by atoms with Gasteiger partial charge in [0.2, 0.25) is 15.9 Å².